The Hall–Kier alpha value is -3.14. The Balaban J connectivity index is 1.41. The van der Waals surface area contributed by atoms with E-state index in [1.54, 1.807) is 11.3 Å². The summed E-state index contributed by atoms with van der Waals surface area (Å²) in [4.78, 5) is 10.9. The Labute approximate surface area is 159 Å². The quantitative estimate of drug-likeness (QED) is 0.792. The minimum Gasteiger partial charge on any atom is -0.382 e. The molecule has 1 saturated carbocycles. The second kappa shape index (κ2) is 5.44. The van der Waals surface area contributed by atoms with Crippen molar-refractivity contribution in [3.8, 4) is 0 Å². The number of hydrogen-bond donors (Lipinski definition) is 1. The third-order valence-corrected chi connectivity index (χ3v) is 5.79. The lowest BCUT2D eigenvalue weighted by atomic mass is 10.0. The number of hydrogen-bond acceptors (Lipinski definition) is 9. The van der Waals surface area contributed by atoms with Crippen molar-refractivity contribution in [2.45, 2.75) is 37.5 Å². The van der Waals surface area contributed by atoms with Gasteiger partial charge in [-0.3, -0.25) is 0 Å². The van der Waals surface area contributed by atoms with E-state index in [9.17, 15) is 9.59 Å². The molecule has 0 spiro atoms. The highest BCUT2D eigenvalue weighted by atomic mass is 19.2. The molecule has 28 heavy (non-hydrogen) atoms. The van der Waals surface area contributed by atoms with Crippen molar-refractivity contribution in [1.29, 1.82) is 0 Å². The first-order valence-corrected chi connectivity index (χ1v) is 9.33. The Morgan fingerprint density at radius 2 is 2.04 bits per heavy atom. The predicted octanol–water partition coefficient (Wildman–Crippen LogP) is 2.37. The highest BCUT2D eigenvalue weighted by Crippen LogP contribution is 2.47. The van der Waals surface area contributed by atoms with E-state index in [1.807, 2.05) is 34.2 Å². The molecule has 10 heteroatoms. The summed E-state index contributed by atoms with van der Waals surface area (Å²) in [5, 5.41) is 18.8. The van der Waals surface area contributed by atoms with E-state index < -0.39 is 5.60 Å². The van der Waals surface area contributed by atoms with E-state index in [2.05, 4.69) is 15.1 Å². The average molecular weight is 383 g/mol. The van der Waals surface area contributed by atoms with Gasteiger partial charge in [0.1, 0.15) is 18.6 Å². The van der Waals surface area contributed by atoms with Crippen LogP contribution in [0.5, 0.6) is 0 Å². The van der Waals surface area contributed by atoms with Crippen molar-refractivity contribution in [3.63, 3.8) is 0 Å². The van der Waals surface area contributed by atoms with Crippen LogP contribution in [0, 0.1) is 0 Å². The number of fused-ring (bicyclic) bond motifs is 6. The summed E-state index contributed by atoms with van der Waals surface area (Å²) >= 11 is 0. The average Bonchev–Trinajstić information content (AvgIpc) is 3.46. The molecule has 3 aliphatic heterocycles. The van der Waals surface area contributed by atoms with Crippen molar-refractivity contribution in [2.24, 2.45) is 4.99 Å². The van der Waals surface area contributed by atoms with Gasteiger partial charge < -0.3 is 14.5 Å². The normalized spacial score (nSPS) is 24.5. The molecule has 4 heterocycles. The van der Waals surface area contributed by atoms with Gasteiger partial charge in [0.2, 0.25) is 5.82 Å². The van der Waals surface area contributed by atoms with Crippen LogP contribution in [-0.4, -0.2) is 38.4 Å². The zero-order chi connectivity index (χ0) is 18.9. The molecule has 0 bridgehead atoms. The molecule has 2 aromatic rings. The lowest BCUT2D eigenvalue weighted by molar-refractivity contribution is 0.0328. The molecule has 1 atom stereocenters. The van der Waals surface area contributed by atoms with Crippen molar-refractivity contribution in [1.82, 2.24) is 20.3 Å². The minimum absolute atomic E-state index is 0.0955. The summed E-state index contributed by atoms with van der Waals surface area (Å²) in [6.07, 6.45) is 5.78. The van der Waals surface area contributed by atoms with Crippen LogP contribution in [0.1, 0.15) is 43.2 Å². The highest BCUT2D eigenvalue weighted by molar-refractivity contribution is 5.79. The van der Waals surface area contributed by atoms with Gasteiger partial charge >= 0.3 is 6.01 Å². The van der Waals surface area contributed by atoms with Gasteiger partial charge in [0.05, 0.1) is 11.9 Å². The molecular formula is C18H18FN7O2. The summed E-state index contributed by atoms with van der Waals surface area (Å²) in [5.74, 6) is 0.918. The van der Waals surface area contributed by atoms with Gasteiger partial charge in [0.15, 0.2) is 12.0 Å². The highest BCUT2D eigenvalue weighted by Gasteiger charge is 2.46. The number of aliphatic imine (C=N–C) groups is 1. The fourth-order valence-corrected chi connectivity index (χ4v) is 4.41. The number of rotatable bonds is 2. The lowest BCUT2D eigenvalue weighted by Gasteiger charge is -2.41. The van der Waals surface area contributed by atoms with Crippen molar-refractivity contribution >= 4 is 18.0 Å². The molecule has 4 aliphatic rings. The predicted molar refractivity (Wildman–Crippen MR) is 97.0 cm³/mol. The lowest BCUT2D eigenvalue weighted by Crippen LogP contribution is -2.46. The second-order valence-corrected chi connectivity index (χ2v) is 7.48. The van der Waals surface area contributed by atoms with Crippen LogP contribution in [0.4, 0.5) is 16.2 Å². The van der Waals surface area contributed by atoms with Gasteiger partial charge in [-0.25, -0.2) is 10.0 Å². The summed E-state index contributed by atoms with van der Waals surface area (Å²) in [6.45, 7) is 0.0955. The van der Waals surface area contributed by atoms with Crippen LogP contribution < -0.4 is 9.91 Å². The number of hydrazine groups is 1. The van der Waals surface area contributed by atoms with Crippen molar-refractivity contribution < 1.29 is 14.1 Å². The zero-order valence-corrected chi connectivity index (χ0v) is 14.9. The number of anilines is 2. The zero-order valence-electron chi connectivity index (χ0n) is 14.9. The number of aliphatic hydroxyl groups is 1. The molecule has 1 aromatic carbocycles. The summed E-state index contributed by atoms with van der Waals surface area (Å²) in [7, 11) is 0. The number of halogens is 1. The van der Waals surface area contributed by atoms with Crippen LogP contribution in [-0.2, 0) is 5.60 Å². The second-order valence-electron chi connectivity index (χ2n) is 7.48. The van der Waals surface area contributed by atoms with Gasteiger partial charge in [-0.15, -0.1) is 0 Å². The number of para-hydroxylation sites is 1. The first kappa shape index (κ1) is 15.9. The molecule has 0 radical (unpaired) electrons. The number of aromatic nitrogens is 2. The SMILES string of the molecule is OC1(c2noc(N3C=NC4c5ccccc5N5CN(F)C=C5N43)n2)CCCC1. The van der Waals surface area contributed by atoms with E-state index in [0.717, 1.165) is 24.1 Å². The van der Waals surface area contributed by atoms with E-state index in [4.69, 9.17) is 4.52 Å². The first-order chi connectivity index (χ1) is 13.6. The summed E-state index contributed by atoms with van der Waals surface area (Å²) < 4.78 is 19.6. The molecule has 0 amide bonds. The molecule has 1 aromatic heterocycles. The number of benzene rings is 1. The Kier molecular flexibility index (Phi) is 3.09. The summed E-state index contributed by atoms with van der Waals surface area (Å²) in [6, 6.07) is 7.99. The third-order valence-electron chi connectivity index (χ3n) is 5.79. The third kappa shape index (κ3) is 2.06. The van der Waals surface area contributed by atoms with Gasteiger partial charge in [0.25, 0.3) is 0 Å². The van der Waals surface area contributed by atoms with Crippen molar-refractivity contribution in [2.75, 3.05) is 16.6 Å². The van der Waals surface area contributed by atoms with Gasteiger partial charge in [-0.05, 0) is 31.7 Å². The van der Waals surface area contributed by atoms with E-state index >= 15 is 0 Å². The number of nitrogens with zero attached hydrogens (tertiary/aromatic N) is 7. The van der Waals surface area contributed by atoms with Crippen LogP contribution >= 0.6 is 0 Å². The monoisotopic (exact) mass is 383 g/mol. The molecule has 1 N–H and O–H groups in total. The molecule has 144 valence electrons. The topological polar surface area (TPSA) is 84.5 Å². The molecule has 6 rings (SSSR count). The molecule has 1 fully saturated rings. The maximum atomic E-state index is 14.1. The maximum absolute atomic E-state index is 14.1. The fraction of sp³-hybridized carbons (Fsp3) is 0.389. The molecule has 1 aliphatic carbocycles. The van der Waals surface area contributed by atoms with Crippen LogP contribution in [0.25, 0.3) is 0 Å². The molecule has 9 nitrogen and oxygen atoms in total. The maximum Gasteiger partial charge on any atom is 0.348 e. The van der Waals surface area contributed by atoms with Gasteiger partial charge in [-0.1, -0.05) is 27.8 Å². The van der Waals surface area contributed by atoms with Crippen LogP contribution in [0.3, 0.4) is 0 Å². The molecular weight excluding hydrogens is 365 g/mol. The standard InChI is InChI=1S/C18H18FN7O2/c19-23-9-14-24(11-23)13-6-2-1-5-12(13)15-20-10-25(26(14)15)17-21-16(22-28-17)18(27)7-3-4-8-18/h1-2,5-6,9-10,15,27H,3-4,7-8,11H2. The smallest absolute Gasteiger partial charge is 0.348 e. The van der Waals surface area contributed by atoms with Crippen LogP contribution in [0.15, 0.2) is 45.8 Å². The van der Waals surface area contributed by atoms with Gasteiger partial charge in [0, 0.05) is 5.56 Å². The Bertz CT molecular complexity index is 999. The fourth-order valence-electron chi connectivity index (χ4n) is 4.41. The molecule has 1 unspecified atom stereocenters. The van der Waals surface area contributed by atoms with E-state index in [1.165, 1.54) is 6.20 Å². The largest absolute Gasteiger partial charge is 0.382 e. The van der Waals surface area contributed by atoms with Gasteiger partial charge in [-0.2, -0.15) is 15.1 Å². The molecule has 0 saturated heterocycles. The van der Waals surface area contributed by atoms with Crippen molar-refractivity contribution in [3.05, 3.63) is 47.7 Å². The summed E-state index contributed by atoms with van der Waals surface area (Å²) in [5.41, 5.74) is 0.837. The Morgan fingerprint density at radius 3 is 2.89 bits per heavy atom. The first-order valence-electron chi connectivity index (χ1n) is 9.33. The van der Waals surface area contributed by atoms with E-state index in [-0.39, 0.29) is 18.8 Å². The van der Waals surface area contributed by atoms with E-state index in [0.29, 0.717) is 29.6 Å². The minimum atomic E-state index is -1.04. The Morgan fingerprint density at radius 1 is 1.21 bits per heavy atom. The van der Waals surface area contributed by atoms with Crippen LogP contribution in [0.2, 0.25) is 0 Å².